The minimum atomic E-state index is -4.87. The van der Waals surface area contributed by atoms with Gasteiger partial charge in [-0.25, -0.2) is 0 Å². The van der Waals surface area contributed by atoms with Crippen molar-refractivity contribution in [3.05, 3.63) is 35.4 Å². The third-order valence-electron chi connectivity index (χ3n) is 3.92. The zero-order valence-electron chi connectivity index (χ0n) is 13.4. The molecule has 1 fully saturated rings. The molecule has 6 nitrogen and oxygen atoms in total. The fourth-order valence-electron chi connectivity index (χ4n) is 2.59. The van der Waals surface area contributed by atoms with Gasteiger partial charge < -0.3 is 9.80 Å². The molecule has 1 aliphatic rings. The summed E-state index contributed by atoms with van der Waals surface area (Å²) in [5.74, 6) is -1.84. The van der Waals surface area contributed by atoms with E-state index in [4.69, 9.17) is 15.8 Å². The number of benzene rings is 1. The summed E-state index contributed by atoms with van der Waals surface area (Å²) in [6, 6.07) is 11.6. The van der Waals surface area contributed by atoms with Crippen molar-refractivity contribution in [2.24, 2.45) is 0 Å². The Labute approximate surface area is 147 Å². The van der Waals surface area contributed by atoms with Crippen LogP contribution in [0.4, 0.5) is 18.9 Å². The van der Waals surface area contributed by atoms with Crippen molar-refractivity contribution < 1.29 is 18.0 Å². The number of allylic oxidation sites excluding steroid dienone is 2. The van der Waals surface area contributed by atoms with Gasteiger partial charge in [0.15, 0.2) is 0 Å². The molecule has 0 spiro atoms. The summed E-state index contributed by atoms with van der Waals surface area (Å²) in [6.07, 6.45) is -4.87. The molecule has 0 N–H and O–H groups in total. The molecule has 0 unspecified atom stereocenters. The van der Waals surface area contributed by atoms with Gasteiger partial charge in [0.05, 0.1) is 5.57 Å². The van der Waals surface area contributed by atoms with Gasteiger partial charge in [0.2, 0.25) is 0 Å². The molecule has 1 aromatic rings. The molecule has 0 atom stereocenters. The lowest BCUT2D eigenvalue weighted by Gasteiger charge is -2.36. The second kappa shape index (κ2) is 7.58. The number of halogens is 3. The number of nitriles is 3. The molecule has 1 aromatic carbocycles. The van der Waals surface area contributed by atoms with Crippen molar-refractivity contribution in [3.63, 3.8) is 0 Å². The van der Waals surface area contributed by atoms with Gasteiger partial charge in [-0.3, -0.25) is 4.79 Å². The van der Waals surface area contributed by atoms with Crippen molar-refractivity contribution in [1.29, 1.82) is 15.8 Å². The highest BCUT2D eigenvalue weighted by Crippen LogP contribution is 2.24. The van der Waals surface area contributed by atoms with Crippen LogP contribution in [0.5, 0.6) is 0 Å². The number of carbonyl (C=O) groups excluding carboxylic acids is 1. The van der Waals surface area contributed by atoms with Gasteiger partial charge in [-0.1, -0.05) is 12.1 Å². The summed E-state index contributed by atoms with van der Waals surface area (Å²) < 4.78 is 37.3. The quantitative estimate of drug-likeness (QED) is 0.755. The molecule has 1 saturated heterocycles. The summed E-state index contributed by atoms with van der Waals surface area (Å²) >= 11 is 0. The molecular formula is C17H12F3N5O. The van der Waals surface area contributed by atoms with Crippen molar-refractivity contribution in [1.82, 2.24) is 4.90 Å². The summed E-state index contributed by atoms with van der Waals surface area (Å²) in [5, 5.41) is 26.9. The molecule has 0 aliphatic carbocycles. The van der Waals surface area contributed by atoms with Crippen molar-refractivity contribution in [2.75, 3.05) is 31.1 Å². The number of amides is 1. The molecule has 0 saturated carbocycles. The molecule has 26 heavy (non-hydrogen) atoms. The van der Waals surface area contributed by atoms with Crippen LogP contribution in [0.2, 0.25) is 0 Å². The van der Waals surface area contributed by atoms with Gasteiger partial charge in [0.25, 0.3) is 0 Å². The molecule has 1 amide bonds. The Bertz CT molecular complexity index is 829. The minimum Gasteiger partial charge on any atom is -0.368 e. The Balaban J connectivity index is 2.11. The second-order valence-corrected chi connectivity index (χ2v) is 5.41. The number of anilines is 1. The zero-order chi connectivity index (χ0) is 19.3. The molecule has 9 heteroatoms. The van der Waals surface area contributed by atoms with E-state index in [1.807, 2.05) is 11.0 Å². The maximum atomic E-state index is 12.4. The molecule has 2 rings (SSSR count). The maximum absolute atomic E-state index is 12.4. The zero-order valence-corrected chi connectivity index (χ0v) is 13.4. The normalized spacial score (nSPS) is 14.0. The van der Waals surface area contributed by atoms with E-state index >= 15 is 0 Å². The molecule has 0 bridgehead atoms. The fourth-order valence-corrected chi connectivity index (χ4v) is 2.59. The van der Waals surface area contributed by atoms with Gasteiger partial charge in [0.1, 0.15) is 23.8 Å². The molecule has 1 heterocycles. The molecular weight excluding hydrogens is 347 g/mol. The predicted molar refractivity (Wildman–Crippen MR) is 85.0 cm³/mol. The Morgan fingerprint density at radius 3 is 1.88 bits per heavy atom. The smallest absolute Gasteiger partial charge is 0.368 e. The second-order valence-electron chi connectivity index (χ2n) is 5.41. The van der Waals surface area contributed by atoms with Gasteiger partial charge in [-0.05, 0) is 17.7 Å². The number of hydrogen-bond acceptors (Lipinski definition) is 5. The lowest BCUT2D eigenvalue weighted by Crippen LogP contribution is -2.52. The molecule has 1 aliphatic heterocycles. The fraction of sp³-hybridized carbons (Fsp3) is 0.294. The van der Waals surface area contributed by atoms with E-state index in [1.54, 1.807) is 36.4 Å². The van der Waals surface area contributed by atoms with Crippen molar-refractivity contribution in [2.45, 2.75) is 6.18 Å². The van der Waals surface area contributed by atoms with Crippen LogP contribution in [0.3, 0.4) is 0 Å². The highest BCUT2D eigenvalue weighted by Gasteiger charge is 2.43. The first kappa shape index (κ1) is 18.8. The molecule has 0 aromatic heterocycles. The summed E-state index contributed by atoms with van der Waals surface area (Å²) in [4.78, 5) is 13.8. The molecule has 132 valence electrons. The van der Waals surface area contributed by atoms with Gasteiger partial charge in [-0.2, -0.15) is 29.0 Å². The Kier molecular flexibility index (Phi) is 5.49. The number of hydrogen-bond donors (Lipinski definition) is 0. The van der Waals surface area contributed by atoms with E-state index in [-0.39, 0.29) is 37.3 Å². The van der Waals surface area contributed by atoms with E-state index in [2.05, 4.69) is 0 Å². The standard InChI is InChI=1S/C17H12F3N5O/c18-17(19,20)16(26)25-7-5-24(6-8-25)14-3-1-12(2-4-14)15(11-23)13(9-21)10-22/h1-4H,5-8H2. The minimum absolute atomic E-state index is 0.0397. The first-order valence-electron chi connectivity index (χ1n) is 7.48. The Morgan fingerprint density at radius 1 is 0.923 bits per heavy atom. The number of nitrogens with zero attached hydrogens (tertiary/aromatic N) is 5. The maximum Gasteiger partial charge on any atom is 0.471 e. The first-order valence-corrected chi connectivity index (χ1v) is 7.48. The topological polar surface area (TPSA) is 94.9 Å². The lowest BCUT2D eigenvalue weighted by atomic mass is 10.0. The molecule has 0 radical (unpaired) electrons. The van der Waals surface area contributed by atoms with Gasteiger partial charge in [0, 0.05) is 31.9 Å². The van der Waals surface area contributed by atoms with Crippen LogP contribution in [0.25, 0.3) is 5.57 Å². The van der Waals surface area contributed by atoms with Crippen LogP contribution in [0.15, 0.2) is 29.8 Å². The Hall–Kier alpha value is -3.51. The van der Waals surface area contributed by atoms with Crippen LogP contribution in [0.1, 0.15) is 5.56 Å². The summed E-state index contributed by atoms with van der Waals surface area (Å²) in [6.45, 7) is 0.389. The first-order chi connectivity index (χ1) is 12.3. The van der Waals surface area contributed by atoms with Crippen LogP contribution in [-0.2, 0) is 4.79 Å². The van der Waals surface area contributed by atoms with E-state index in [1.165, 1.54) is 0 Å². The SMILES string of the molecule is N#CC(C#N)=C(C#N)c1ccc(N2CCN(C(=O)C(F)(F)F)CC2)cc1. The highest BCUT2D eigenvalue weighted by molar-refractivity contribution is 5.85. The van der Waals surface area contributed by atoms with Gasteiger partial charge >= 0.3 is 12.1 Å². The van der Waals surface area contributed by atoms with Crippen LogP contribution in [0, 0.1) is 34.0 Å². The monoisotopic (exact) mass is 359 g/mol. The average molecular weight is 359 g/mol. The summed E-state index contributed by atoms with van der Waals surface area (Å²) in [7, 11) is 0. The highest BCUT2D eigenvalue weighted by atomic mass is 19.4. The van der Waals surface area contributed by atoms with E-state index in [0.717, 1.165) is 4.90 Å². The van der Waals surface area contributed by atoms with Crippen LogP contribution >= 0.6 is 0 Å². The van der Waals surface area contributed by atoms with Gasteiger partial charge in [-0.15, -0.1) is 0 Å². The Morgan fingerprint density at radius 2 is 1.46 bits per heavy atom. The van der Waals surface area contributed by atoms with Crippen molar-refractivity contribution in [3.8, 4) is 18.2 Å². The van der Waals surface area contributed by atoms with Crippen LogP contribution in [-0.4, -0.2) is 43.2 Å². The number of rotatable bonds is 2. The van der Waals surface area contributed by atoms with Crippen LogP contribution < -0.4 is 4.90 Å². The third kappa shape index (κ3) is 3.93. The van der Waals surface area contributed by atoms with E-state index < -0.39 is 12.1 Å². The average Bonchev–Trinajstić information content (AvgIpc) is 2.65. The predicted octanol–water partition coefficient (Wildman–Crippen LogP) is 2.22. The number of alkyl halides is 3. The number of carbonyl (C=O) groups is 1. The van der Waals surface area contributed by atoms with E-state index in [0.29, 0.717) is 11.3 Å². The third-order valence-corrected chi connectivity index (χ3v) is 3.92. The lowest BCUT2D eigenvalue weighted by molar-refractivity contribution is -0.185. The largest absolute Gasteiger partial charge is 0.471 e. The summed E-state index contributed by atoms with van der Waals surface area (Å²) in [5.41, 5.74) is 0.780. The van der Waals surface area contributed by atoms with Crippen molar-refractivity contribution >= 4 is 17.2 Å². The number of piperazine rings is 1. The van der Waals surface area contributed by atoms with E-state index in [9.17, 15) is 18.0 Å².